The summed E-state index contributed by atoms with van der Waals surface area (Å²) in [5.41, 5.74) is 1.10. The normalized spacial score (nSPS) is 14.2. The third-order valence-corrected chi connectivity index (χ3v) is 3.23. The molecule has 0 radical (unpaired) electrons. The average molecular weight is 255 g/mol. The monoisotopic (exact) mass is 255 g/mol. The maximum Gasteiger partial charge on any atom is 0.224 e. The molecule has 1 aliphatic carbocycles. The van der Waals surface area contributed by atoms with Gasteiger partial charge in [0.2, 0.25) is 5.88 Å². The first-order valence-corrected chi connectivity index (χ1v) is 6.56. The molecule has 0 spiro atoms. The van der Waals surface area contributed by atoms with E-state index in [-0.39, 0.29) is 0 Å². The number of rotatable bonds is 4. The van der Waals surface area contributed by atoms with Gasteiger partial charge in [-0.25, -0.2) is 4.98 Å². The van der Waals surface area contributed by atoms with Gasteiger partial charge in [-0.3, -0.25) is 0 Å². The Morgan fingerprint density at radius 3 is 2.68 bits per heavy atom. The van der Waals surface area contributed by atoms with Crippen molar-refractivity contribution in [2.75, 3.05) is 12.4 Å². The first kappa shape index (κ1) is 12.0. The van der Waals surface area contributed by atoms with Crippen LogP contribution < -0.4 is 10.1 Å². The molecule has 19 heavy (non-hydrogen) atoms. The van der Waals surface area contributed by atoms with E-state index in [1.165, 1.54) is 12.8 Å². The van der Waals surface area contributed by atoms with Crippen molar-refractivity contribution in [3.05, 3.63) is 41.7 Å². The zero-order valence-corrected chi connectivity index (χ0v) is 11.2. The molecule has 0 unspecified atom stereocenters. The van der Waals surface area contributed by atoms with E-state index in [0.29, 0.717) is 11.8 Å². The SMILES string of the molecule is CNc1cc(Oc2ccccc2C)nc(C2CC2)n1. The van der Waals surface area contributed by atoms with E-state index in [1.807, 2.05) is 44.3 Å². The average Bonchev–Trinajstić information content (AvgIpc) is 3.25. The lowest BCUT2D eigenvalue weighted by atomic mass is 10.2. The van der Waals surface area contributed by atoms with E-state index in [4.69, 9.17) is 4.74 Å². The predicted molar refractivity (Wildman–Crippen MR) is 74.8 cm³/mol. The zero-order chi connectivity index (χ0) is 13.2. The highest BCUT2D eigenvalue weighted by atomic mass is 16.5. The fraction of sp³-hybridized carbons (Fsp3) is 0.333. The Morgan fingerprint density at radius 1 is 1.21 bits per heavy atom. The standard InChI is InChI=1S/C15H17N3O/c1-10-5-3-4-6-12(10)19-14-9-13(16-2)17-15(18-14)11-7-8-11/h3-6,9,11H,7-8H2,1-2H3,(H,16,17,18). The van der Waals surface area contributed by atoms with E-state index in [2.05, 4.69) is 15.3 Å². The second kappa shape index (κ2) is 4.88. The maximum atomic E-state index is 5.88. The van der Waals surface area contributed by atoms with Crippen molar-refractivity contribution in [1.29, 1.82) is 0 Å². The number of benzene rings is 1. The summed E-state index contributed by atoms with van der Waals surface area (Å²) >= 11 is 0. The molecule has 1 aromatic carbocycles. The van der Waals surface area contributed by atoms with E-state index >= 15 is 0 Å². The molecule has 98 valence electrons. The second-order valence-electron chi connectivity index (χ2n) is 4.84. The van der Waals surface area contributed by atoms with Crippen molar-refractivity contribution in [2.24, 2.45) is 0 Å². The van der Waals surface area contributed by atoms with E-state index in [9.17, 15) is 0 Å². The fourth-order valence-corrected chi connectivity index (χ4v) is 1.93. The van der Waals surface area contributed by atoms with Crippen LogP contribution in [0.25, 0.3) is 0 Å². The summed E-state index contributed by atoms with van der Waals surface area (Å²) in [4.78, 5) is 8.98. The summed E-state index contributed by atoms with van der Waals surface area (Å²) in [5.74, 6) is 3.64. The molecule has 3 rings (SSSR count). The van der Waals surface area contributed by atoms with Crippen LogP contribution in [0.15, 0.2) is 30.3 Å². The van der Waals surface area contributed by atoms with Crippen LogP contribution in [0.4, 0.5) is 5.82 Å². The minimum atomic E-state index is 0.507. The molecular formula is C15H17N3O. The summed E-state index contributed by atoms with van der Waals surface area (Å²) in [6.07, 6.45) is 2.36. The van der Waals surface area contributed by atoms with Crippen molar-refractivity contribution >= 4 is 5.82 Å². The Balaban J connectivity index is 1.91. The van der Waals surface area contributed by atoms with E-state index in [1.54, 1.807) is 0 Å². The van der Waals surface area contributed by atoms with Gasteiger partial charge in [0, 0.05) is 19.0 Å². The summed E-state index contributed by atoms with van der Waals surface area (Å²) < 4.78 is 5.88. The van der Waals surface area contributed by atoms with Gasteiger partial charge in [0.1, 0.15) is 17.4 Å². The maximum absolute atomic E-state index is 5.88. The van der Waals surface area contributed by atoms with Crippen molar-refractivity contribution in [3.63, 3.8) is 0 Å². The first-order valence-electron chi connectivity index (χ1n) is 6.56. The summed E-state index contributed by atoms with van der Waals surface area (Å²) in [6.45, 7) is 2.03. The van der Waals surface area contributed by atoms with Crippen LogP contribution in [0.2, 0.25) is 0 Å². The van der Waals surface area contributed by atoms with Crippen LogP contribution >= 0.6 is 0 Å². The minimum Gasteiger partial charge on any atom is -0.439 e. The molecule has 0 amide bonds. The van der Waals surface area contributed by atoms with Crippen LogP contribution in [0, 0.1) is 6.92 Å². The highest BCUT2D eigenvalue weighted by Gasteiger charge is 2.27. The van der Waals surface area contributed by atoms with Crippen molar-refractivity contribution in [2.45, 2.75) is 25.7 Å². The third-order valence-electron chi connectivity index (χ3n) is 3.23. The predicted octanol–water partition coefficient (Wildman–Crippen LogP) is 3.50. The summed E-state index contributed by atoms with van der Waals surface area (Å²) in [5, 5.41) is 3.06. The highest BCUT2D eigenvalue weighted by Crippen LogP contribution is 2.39. The van der Waals surface area contributed by atoms with E-state index < -0.39 is 0 Å². The molecule has 1 saturated carbocycles. The van der Waals surface area contributed by atoms with Crippen LogP contribution in [-0.4, -0.2) is 17.0 Å². The van der Waals surface area contributed by atoms with Gasteiger partial charge in [0.05, 0.1) is 0 Å². The number of hydrogen-bond donors (Lipinski definition) is 1. The molecule has 0 aliphatic heterocycles. The Kier molecular flexibility index (Phi) is 3.07. The smallest absolute Gasteiger partial charge is 0.224 e. The quantitative estimate of drug-likeness (QED) is 0.908. The molecule has 4 heteroatoms. The number of para-hydroxylation sites is 1. The highest BCUT2D eigenvalue weighted by molar-refractivity contribution is 5.41. The van der Waals surface area contributed by atoms with Crippen molar-refractivity contribution in [3.8, 4) is 11.6 Å². The summed E-state index contributed by atoms with van der Waals surface area (Å²) in [6, 6.07) is 9.77. The number of anilines is 1. The number of aromatic nitrogens is 2. The lowest BCUT2D eigenvalue weighted by molar-refractivity contribution is 0.455. The number of ether oxygens (including phenoxy) is 1. The Bertz CT molecular complexity index is 594. The second-order valence-corrected chi connectivity index (χ2v) is 4.84. The molecule has 0 saturated heterocycles. The molecule has 2 aromatic rings. The van der Waals surface area contributed by atoms with Crippen molar-refractivity contribution < 1.29 is 4.74 Å². The van der Waals surface area contributed by atoms with Gasteiger partial charge >= 0.3 is 0 Å². The van der Waals surface area contributed by atoms with Crippen LogP contribution in [0.1, 0.15) is 30.1 Å². The number of hydrogen-bond acceptors (Lipinski definition) is 4. The molecule has 1 heterocycles. The number of nitrogens with zero attached hydrogens (tertiary/aromatic N) is 2. The first-order chi connectivity index (χ1) is 9.26. The van der Waals surface area contributed by atoms with Crippen molar-refractivity contribution in [1.82, 2.24) is 9.97 Å². The Hall–Kier alpha value is -2.10. The molecule has 1 aromatic heterocycles. The largest absolute Gasteiger partial charge is 0.439 e. The topological polar surface area (TPSA) is 47.0 Å². The molecule has 1 aliphatic rings. The minimum absolute atomic E-state index is 0.507. The van der Waals surface area contributed by atoms with Gasteiger partial charge in [-0.1, -0.05) is 18.2 Å². The molecule has 1 N–H and O–H groups in total. The fourth-order valence-electron chi connectivity index (χ4n) is 1.93. The van der Waals surface area contributed by atoms with Gasteiger partial charge in [-0.05, 0) is 31.4 Å². The molecule has 4 nitrogen and oxygen atoms in total. The Morgan fingerprint density at radius 2 is 2.00 bits per heavy atom. The molecule has 1 fully saturated rings. The number of nitrogens with one attached hydrogen (secondary N) is 1. The molecular weight excluding hydrogens is 238 g/mol. The molecule has 0 bridgehead atoms. The van der Waals surface area contributed by atoms with Gasteiger partial charge in [-0.15, -0.1) is 0 Å². The van der Waals surface area contributed by atoms with Crippen LogP contribution in [0.3, 0.4) is 0 Å². The van der Waals surface area contributed by atoms with Gasteiger partial charge < -0.3 is 10.1 Å². The van der Waals surface area contributed by atoms with Gasteiger partial charge in [-0.2, -0.15) is 4.98 Å². The zero-order valence-electron chi connectivity index (χ0n) is 11.2. The third kappa shape index (κ3) is 2.67. The van der Waals surface area contributed by atoms with Gasteiger partial charge in [0.25, 0.3) is 0 Å². The lowest BCUT2D eigenvalue weighted by Crippen LogP contribution is -2.01. The van der Waals surface area contributed by atoms with Crippen LogP contribution in [0.5, 0.6) is 11.6 Å². The van der Waals surface area contributed by atoms with Gasteiger partial charge in [0.15, 0.2) is 0 Å². The lowest BCUT2D eigenvalue weighted by Gasteiger charge is -2.10. The molecule has 0 atom stereocenters. The summed E-state index contributed by atoms with van der Waals surface area (Å²) in [7, 11) is 1.86. The van der Waals surface area contributed by atoms with Crippen LogP contribution in [-0.2, 0) is 0 Å². The van der Waals surface area contributed by atoms with E-state index in [0.717, 1.165) is 23.0 Å². The number of aryl methyl sites for hydroxylation is 1. The Labute approximate surface area is 112 Å².